The molecule has 146 valence electrons. The van der Waals surface area contributed by atoms with Gasteiger partial charge in [0.2, 0.25) is 0 Å². The molecular weight excluding hydrogens is 416 g/mol. The monoisotopic (exact) mass is 430 g/mol. The Morgan fingerprint density at radius 3 is 2.50 bits per heavy atom. The van der Waals surface area contributed by atoms with Gasteiger partial charge in [0.15, 0.2) is 5.09 Å². The average molecular weight is 431 g/mol. The minimum atomic E-state index is 0.134. The fourth-order valence-electron chi connectivity index (χ4n) is 3.42. The number of allylic oxidation sites excluding steroid dienone is 3. The summed E-state index contributed by atoms with van der Waals surface area (Å²) in [6.07, 6.45) is 1.87. The second-order valence-corrected chi connectivity index (χ2v) is 8.23. The Labute approximate surface area is 183 Å². The summed E-state index contributed by atoms with van der Waals surface area (Å²) in [5.74, 6) is 0.774. The lowest BCUT2D eigenvalue weighted by Crippen LogP contribution is -2.03. The number of aromatic nitrogens is 1. The van der Waals surface area contributed by atoms with Crippen LogP contribution in [0, 0.1) is 29.6 Å². The summed E-state index contributed by atoms with van der Waals surface area (Å²) in [4.78, 5) is 5.35. The Hall–Kier alpha value is -3.45. The summed E-state index contributed by atoms with van der Waals surface area (Å²) in [5, 5.41) is 20.5. The van der Waals surface area contributed by atoms with Gasteiger partial charge >= 0.3 is 0 Å². The third-order valence-electron chi connectivity index (χ3n) is 4.90. The lowest BCUT2D eigenvalue weighted by atomic mass is 9.96. The third-order valence-corrected chi connectivity index (χ3v) is 6.09. The molecule has 0 amide bonds. The molecule has 0 bridgehead atoms. The molecule has 0 saturated heterocycles. The molecule has 2 N–H and O–H groups in total. The first kappa shape index (κ1) is 19.8. The van der Waals surface area contributed by atoms with E-state index in [1.165, 1.54) is 11.8 Å². The number of pyridine rings is 1. The number of nitrogens with two attached hydrogens (primary N) is 1. The van der Waals surface area contributed by atoms with Gasteiger partial charge < -0.3 is 10.2 Å². The largest absolute Gasteiger partial charge is 0.450 e. The maximum absolute atomic E-state index is 9.65. The third kappa shape index (κ3) is 3.37. The summed E-state index contributed by atoms with van der Waals surface area (Å²) >= 11 is 7.42. The van der Waals surface area contributed by atoms with E-state index in [9.17, 15) is 10.5 Å². The molecule has 0 spiro atoms. The van der Waals surface area contributed by atoms with Crippen molar-refractivity contribution in [1.29, 1.82) is 10.5 Å². The Morgan fingerprint density at radius 1 is 1.10 bits per heavy atom. The lowest BCUT2D eigenvalue weighted by Gasteiger charge is -2.10. The van der Waals surface area contributed by atoms with Gasteiger partial charge in [0.05, 0.1) is 16.8 Å². The number of nitrogens with zero attached hydrogens (tertiary/aromatic N) is 3. The summed E-state index contributed by atoms with van der Waals surface area (Å²) in [7, 11) is 0. The van der Waals surface area contributed by atoms with Crippen molar-refractivity contribution in [2.75, 3.05) is 5.73 Å². The van der Waals surface area contributed by atoms with Crippen LogP contribution in [0.3, 0.4) is 0 Å². The zero-order chi connectivity index (χ0) is 21.4. The minimum absolute atomic E-state index is 0.134. The van der Waals surface area contributed by atoms with Gasteiger partial charge in [0.25, 0.3) is 0 Å². The van der Waals surface area contributed by atoms with Gasteiger partial charge in [-0.15, -0.1) is 0 Å². The van der Waals surface area contributed by atoms with E-state index in [-0.39, 0.29) is 5.82 Å². The SMILES string of the molecule is CC1=C(C#N)c2nc(N)c(C#N)c(C)c2/C1=C/c1ccc(Sc2ccc(Cl)cc2)o1. The fourth-order valence-corrected chi connectivity index (χ4v) is 4.33. The number of nitrogen functional groups attached to an aromatic ring is 1. The minimum Gasteiger partial charge on any atom is -0.450 e. The molecule has 0 radical (unpaired) electrons. The van der Waals surface area contributed by atoms with E-state index in [4.69, 9.17) is 21.8 Å². The maximum atomic E-state index is 9.65. The van der Waals surface area contributed by atoms with Crippen molar-refractivity contribution < 1.29 is 4.42 Å². The van der Waals surface area contributed by atoms with Gasteiger partial charge in [0, 0.05) is 15.5 Å². The van der Waals surface area contributed by atoms with Crippen molar-refractivity contribution >= 4 is 46.4 Å². The molecule has 1 aliphatic carbocycles. The van der Waals surface area contributed by atoms with Crippen LogP contribution in [0.5, 0.6) is 0 Å². The average Bonchev–Trinajstić information content (AvgIpc) is 3.26. The highest BCUT2D eigenvalue weighted by atomic mass is 35.5. The number of hydrogen-bond donors (Lipinski definition) is 1. The summed E-state index contributed by atoms with van der Waals surface area (Å²) in [5.41, 5.74) is 10.3. The molecule has 1 aliphatic rings. The van der Waals surface area contributed by atoms with E-state index in [1.807, 2.05) is 56.3 Å². The van der Waals surface area contributed by atoms with Gasteiger partial charge in [-0.1, -0.05) is 23.4 Å². The molecule has 7 heteroatoms. The van der Waals surface area contributed by atoms with E-state index in [1.54, 1.807) is 0 Å². The molecule has 30 heavy (non-hydrogen) atoms. The highest BCUT2D eigenvalue weighted by Crippen LogP contribution is 2.44. The maximum Gasteiger partial charge on any atom is 0.165 e. The van der Waals surface area contributed by atoms with E-state index in [0.29, 0.717) is 33.2 Å². The van der Waals surface area contributed by atoms with Crippen molar-refractivity contribution in [3.05, 3.63) is 75.1 Å². The van der Waals surface area contributed by atoms with Crippen LogP contribution in [0.15, 0.2) is 56.4 Å². The van der Waals surface area contributed by atoms with E-state index < -0.39 is 0 Å². The van der Waals surface area contributed by atoms with E-state index >= 15 is 0 Å². The molecule has 3 aromatic rings. The molecule has 0 atom stereocenters. The molecular formula is C23H15ClN4OS. The number of nitriles is 2. The number of furan rings is 1. The van der Waals surface area contributed by atoms with Crippen LogP contribution in [0.25, 0.3) is 17.2 Å². The second kappa shape index (κ2) is 7.76. The smallest absolute Gasteiger partial charge is 0.165 e. The molecule has 0 unspecified atom stereocenters. The Kier molecular flexibility index (Phi) is 5.13. The number of fused-ring (bicyclic) bond motifs is 1. The van der Waals surface area contributed by atoms with E-state index in [0.717, 1.165) is 26.7 Å². The van der Waals surface area contributed by atoms with Crippen LogP contribution in [0.4, 0.5) is 5.82 Å². The summed E-state index contributed by atoms with van der Waals surface area (Å²) in [6.45, 7) is 3.68. The van der Waals surface area contributed by atoms with Gasteiger partial charge in [-0.2, -0.15) is 10.5 Å². The second-order valence-electron chi connectivity index (χ2n) is 6.72. The summed E-state index contributed by atoms with van der Waals surface area (Å²) in [6, 6.07) is 15.6. The molecule has 0 fully saturated rings. The van der Waals surface area contributed by atoms with Crippen LogP contribution in [-0.4, -0.2) is 4.98 Å². The quantitative estimate of drug-likeness (QED) is 0.539. The Bertz CT molecular complexity index is 1320. The number of rotatable bonds is 3. The zero-order valence-corrected chi connectivity index (χ0v) is 17.7. The van der Waals surface area contributed by atoms with Gasteiger partial charge in [-0.05, 0) is 73.0 Å². The van der Waals surface area contributed by atoms with Crippen molar-refractivity contribution in [1.82, 2.24) is 4.98 Å². The number of hydrogen-bond acceptors (Lipinski definition) is 6. The number of anilines is 1. The zero-order valence-electron chi connectivity index (χ0n) is 16.2. The highest BCUT2D eigenvalue weighted by Gasteiger charge is 2.29. The lowest BCUT2D eigenvalue weighted by molar-refractivity contribution is 0.466. The van der Waals surface area contributed by atoms with Crippen LogP contribution in [-0.2, 0) is 0 Å². The van der Waals surface area contributed by atoms with Crippen molar-refractivity contribution in [3.63, 3.8) is 0 Å². The van der Waals surface area contributed by atoms with Crippen LogP contribution in [0.2, 0.25) is 5.02 Å². The van der Waals surface area contributed by atoms with Gasteiger partial charge in [-0.25, -0.2) is 4.98 Å². The number of halogens is 1. The van der Waals surface area contributed by atoms with E-state index in [2.05, 4.69) is 17.1 Å². The Balaban J connectivity index is 1.76. The van der Waals surface area contributed by atoms with Gasteiger partial charge in [-0.3, -0.25) is 0 Å². The molecule has 4 rings (SSSR count). The van der Waals surface area contributed by atoms with Gasteiger partial charge in [0.1, 0.15) is 23.7 Å². The van der Waals surface area contributed by atoms with Crippen molar-refractivity contribution in [2.45, 2.75) is 23.8 Å². The molecule has 2 aromatic heterocycles. The standard InChI is InChI=1S/C23H15ClN4OS/c1-12-17(21-13(2)19(11-26)23(27)28-22(21)18(12)10-25)9-15-5-8-20(29-15)30-16-6-3-14(24)4-7-16/h3-9H,1-2H3,(H2,27,28)/b17-9+. The number of benzene rings is 1. The van der Waals surface area contributed by atoms with Crippen molar-refractivity contribution in [3.8, 4) is 12.1 Å². The predicted molar refractivity (Wildman–Crippen MR) is 118 cm³/mol. The molecule has 1 aromatic carbocycles. The first-order chi connectivity index (χ1) is 14.4. The molecule has 0 aliphatic heterocycles. The first-order valence-corrected chi connectivity index (χ1v) is 10.2. The molecule has 0 saturated carbocycles. The topological polar surface area (TPSA) is 99.6 Å². The van der Waals surface area contributed by atoms with Crippen LogP contribution >= 0.6 is 23.4 Å². The first-order valence-electron chi connectivity index (χ1n) is 9.00. The van der Waals surface area contributed by atoms with Crippen LogP contribution in [0.1, 0.15) is 35.1 Å². The normalized spacial score (nSPS) is 14.0. The fraction of sp³-hybridized carbons (Fsp3) is 0.0870. The van der Waals surface area contributed by atoms with Crippen molar-refractivity contribution in [2.24, 2.45) is 0 Å². The molecule has 2 heterocycles. The highest BCUT2D eigenvalue weighted by molar-refractivity contribution is 7.99. The Morgan fingerprint density at radius 2 is 1.83 bits per heavy atom. The molecule has 5 nitrogen and oxygen atoms in total. The summed E-state index contributed by atoms with van der Waals surface area (Å²) < 4.78 is 5.97. The predicted octanol–water partition coefficient (Wildman–Crippen LogP) is 6.09. The van der Waals surface area contributed by atoms with Crippen LogP contribution < -0.4 is 5.73 Å².